The van der Waals surface area contributed by atoms with Crippen molar-refractivity contribution in [2.45, 2.75) is 5.03 Å². The maximum absolute atomic E-state index is 5.32. The topological polar surface area (TPSA) is 54.1 Å². The molecule has 0 saturated heterocycles. The summed E-state index contributed by atoms with van der Waals surface area (Å²) in [6.07, 6.45) is 7.52. The molecule has 0 aliphatic rings. The van der Waals surface area contributed by atoms with Crippen molar-refractivity contribution >= 4 is 11.8 Å². The summed E-state index contributed by atoms with van der Waals surface area (Å²) in [7, 11) is 3.33. The minimum absolute atomic E-state index is 0.807. The van der Waals surface area contributed by atoms with E-state index in [0.717, 1.165) is 39.2 Å². The number of aromatic nitrogens is 4. The largest absolute Gasteiger partial charge is 0.497 e. The lowest BCUT2D eigenvalue weighted by molar-refractivity contribution is 0.414. The minimum Gasteiger partial charge on any atom is -0.497 e. The molecule has 2 heterocycles. The summed E-state index contributed by atoms with van der Waals surface area (Å²) in [6.45, 7) is 0. The van der Waals surface area contributed by atoms with E-state index in [0.29, 0.717) is 0 Å². The van der Waals surface area contributed by atoms with Crippen molar-refractivity contribution in [3.05, 3.63) is 67.3 Å². The fourth-order valence-electron chi connectivity index (χ4n) is 3.07. The van der Waals surface area contributed by atoms with Gasteiger partial charge in [-0.2, -0.15) is 5.10 Å². The maximum atomic E-state index is 5.32. The van der Waals surface area contributed by atoms with Gasteiger partial charge in [-0.3, -0.25) is 0 Å². The van der Waals surface area contributed by atoms with Crippen LogP contribution < -0.4 is 9.47 Å². The smallest absolute Gasteiger partial charge is 0.143 e. The first kappa shape index (κ1) is 18.2. The Hall–Kier alpha value is -3.19. The summed E-state index contributed by atoms with van der Waals surface area (Å²) < 4.78 is 14.6. The van der Waals surface area contributed by atoms with E-state index in [4.69, 9.17) is 14.6 Å². The van der Waals surface area contributed by atoms with Crippen LogP contribution in [0.3, 0.4) is 0 Å². The second-order valence-electron chi connectivity index (χ2n) is 6.01. The second-order valence-corrected chi connectivity index (χ2v) is 6.81. The molecule has 0 saturated carbocycles. The van der Waals surface area contributed by atoms with Crippen LogP contribution in [0.15, 0.2) is 72.3 Å². The van der Waals surface area contributed by atoms with Gasteiger partial charge in [0.25, 0.3) is 0 Å². The molecule has 0 fully saturated rings. The number of nitrogens with zero attached hydrogens (tertiary/aromatic N) is 4. The number of imidazole rings is 1. The lowest BCUT2D eigenvalue weighted by Crippen LogP contribution is -2.01. The molecule has 4 rings (SSSR count). The highest BCUT2D eigenvalue weighted by Gasteiger charge is 2.21. The van der Waals surface area contributed by atoms with Crippen molar-refractivity contribution in [3.8, 4) is 34.1 Å². The van der Waals surface area contributed by atoms with Crippen LogP contribution in [0.1, 0.15) is 0 Å². The lowest BCUT2D eigenvalue weighted by Gasteiger charge is -2.12. The van der Waals surface area contributed by atoms with Crippen LogP contribution in [0.25, 0.3) is 22.6 Å². The molecule has 4 aromatic rings. The molecule has 0 bridgehead atoms. The van der Waals surface area contributed by atoms with Gasteiger partial charge < -0.3 is 14.0 Å². The van der Waals surface area contributed by atoms with Crippen LogP contribution in [-0.2, 0) is 0 Å². The number of methoxy groups -OCH3 is 2. The molecule has 0 radical (unpaired) electrons. The van der Waals surface area contributed by atoms with Crippen molar-refractivity contribution in [1.29, 1.82) is 0 Å². The molecule has 0 atom stereocenters. The third kappa shape index (κ3) is 3.25. The molecule has 0 spiro atoms. The molecule has 0 aliphatic heterocycles. The average molecular weight is 392 g/mol. The normalized spacial score (nSPS) is 10.8. The summed E-state index contributed by atoms with van der Waals surface area (Å²) in [4.78, 5) is 4.22. The van der Waals surface area contributed by atoms with E-state index in [1.807, 2.05) is 70.2 Å². The molecule has 6 nitrogen and oxygen atoms in total. The van der Waals surface area contributed by atoms with Crippen LogP contribution >= 0.6 is 11.8 Å². The Morgan fingerprint density at radius 3 is 2.07 bits per heavy atom. The number of rotatable bonds is 6. The van der Waals surface area contributed by atoms with E-state index in [1.165, 1.54) is 0 Å². The highest BCUT2D eigenvalue weighted by molar-refractivity contribution is 7.98. The van der Waals surface area contributed by atoms with Crippen molar-refractivity contribution in [1.82, 2.24) is 19.3 Å². The van der Waals surface area contributed by atoms with Crippen LogP contribution in [0, 0.1) is 0 Å². The molecular formula is C21H20N4O2S. The first-order valence-electron chi connectivity index (χ1n) is 8.69. The Morgan fingerprint density at radius 2 is 1.54 bits per heavy atom. The third-order valence-electron chi connectivity index (χ3n) is 4.47. The Morgan fingerprint density at radius 1 is 0.893 bits per heavy atom. The summed E-state index contributed by atoms with van der Waals surface area (Å²) in [6, 6.07) is 15.9. The van der Waals surface area contributed by atoms with Gasteiger partial charge in [0.1, 0.15) is 22.2 Å². The summed E-state index contributed by atoms with van der Waals surface area (Å²) in [5.41, 5.74) is 3.96. The monoisotopic (exact) mass is 392 g/mol. The zero-order valence-corrected chi connectivity index (χ0v) is 16.7. The van der Waals surface area contributed by atoms with Gasteiger partial charge in [-0.25, -0.2) is 9.67 Å². The molecule has 0 amide bonds. The van der Waals surface area contributed by atoms with E-state index < -0.39 is 0 Å². The van der Waals surface area contributed by atoms with Crippen molar-refractivity contribution in [3.63, 3.8) is 0 Å². The first-order valence-corrected chi connectivity index (χ1v) is 9.92. The van der Waals surface area contributed by atoms with Crippen molar-refractivity contribution in [2.75, 3.05) is 20.5 Å². The van der Waals surface area contributed by atoms with Crippen LogP contribution in [0.2, 0.25) is 0 Å². The van der Waals surface area contributed by atoms with E-state index in [2.05, 4.69) is 4.98 Å². The predicted octanol–water partition coefficient (Wildman–Crippen LogP) is 4.46. The standard InChI is InChI=1S/C21H20N4O2S/c1-26-17-8-4-15(5-9-17)19-20(24-13-12-22-14-24)21(28-3)23-25(19)16-6-10-18(27-2)11-7-16/h4-14H,1-3H3. The van der Waals surface area contributed by atoms with E-state index in [1.54, 1.807) is 38.5 Å². The predicted molar refractivity (Wildman–Crippen MR) is 111 cm³/mol. The zero-order valence-electron chi connectivity index (χ0n) is 15.9. The Labute approximate surface area is 167 Å². The maximum Gasteiger partial charge on any atom is 0.143 e. The number of hydrogen-bond donors (Lipinski definition) is 0. The molecule has 0 aliphatic carbocycles. The van der Waals surface area contributed by atoms with Gasteiger partial charge in [0.15, 0.2) is 0 Å². The highest BCUT2D eigenvalue weighted by atomic mass is 32.2. The fourth-order valence-corrected chi connectivity index (χ4v) is 3.63. The fraction of sp³-hybridized carbons (Fsp3) is 0.143. The molecule has 7 heteroatoms. The molecular weight excluding hydrogens is 372 g/mol. The summed E-state index contributed by atoms with van der Waals surface area (Å²) in [5, 5.41) is 5.80. The van der Waals surface area contributed by atoms with Gasteiger partial charge >= 0.3 is 0 Å². The average Bonchev–Trinajstić information content (AvgIpc) is 3.41. The zero-order chi connectivity index (χ0) is 19.5. The van der Waals surface area contributed by atoms with Crippen LogP contribution in [0.5, 0.6) is 11.5 Å². The molecule has 142 valence electrons. The van der Waals surface area contributed by atoms with Crippen molar-refractivity contribution in [2.24, 2.45) is 0 Å². The van der Waals surface area contributed by atoms with Gasteiger partial charge in [0, 0.05) is 18.0 Å². The number of benzene rings is 2. The second kappa shape index (κ2) is 7.82. The molecule has 0 N–H and O–H groups in total. The van der Waals surface area contributed by atoms with Crippen molar-refractivity contribution < 1.29 is 9.47 Å². The van der Waals surface area contributed by atoms with Gasteiger partial charge in [0.2, 0.25) is 0 Å². The van der Waals surface area contributed by atoms with Crippen LogP contribution in [-0.4, -0.2) is 39.8 Å². The van der Waals surface area contributed by atoms with Gasteiger partial charge in [-0.05, 0) is 54.8 Å². The molecule has 28 heavy (non-hydrogen) atoms. The molecule has 2 aromatic carbocycles. The van der Waals surface area contributed by atoms with Gasteiger partial charge in [0.05, 0.1) is 31.9 Å². The van der Waals surface area contributed by atoms with E-state index in [9.17, 15) is 0 Å². The Kier molecular flexibility index (Phi) is 5.08. The lowest BCUT2D eigenvalue weighted by atomic mass is 10.1. The highest BCUT2D eigenvalue weighted by Crippen LogP contribution is 2.36. The first-order chi connectivity index (χ1) is 13.7. The van der Waals surface area contributed by atoms with Gasteiger partial charge in [-0.15, -0.1) is 11.8 Å². The minimum atomic E-state index is 0.807. The number of ether oxygens (including phenoxy) is 2. The number of hydrogen-bond acceptors (Lipinski definition) is 5. The molecule has 0 unspecified atom stereocenters. The summed E-state index contributed by atoms with van der Waals surface area (Å²) in [5.74, 6) is 1.62. The summed E-state index contributed by atoms with van der Waals surface area (Å²) >= 11 is 1.60. The number of thioether (sulfide) groups is 1. The Balaban J connectivity index is 1.96. The quantitative estimate of drug-likeness (QED) is 0.453. The third-order valence-corrected chi connectivity index (χ3v) is 5.13. The van der Waals surface area contributed by atoms with Gasteiger partial charge in [-0.1, -0.05) is 0 Å². The Bertz CT molecular complexity index is 1060. The molecule has 2 aromatic heterocycles. The van der Waals surface area contributed by atoms with E-state index in [-0.39, 0.29) is 0 Å². The van der Waals surface area contributed by atoms with Crippen LogP contribution in [0.4, 0.5) is 0 Å². The van der Waals surface area contributed by atoms with E-state index >= 15 is 0 Å². The SMILES string of the molecule is COc1ccc(-c2c(-n3ccnc3)c(SC)nn2-c2ccc(OC)cc2)cc1.